The van der Waals surface area contributed by atoms with Crippen molar-refractivity contribution < 1.29 is 17.6 Å². The zero-order valence-electron chi connectivity index (χ0n) is 17.9. The number of piperidine rings is 1. The summed E-state index contributed by atoms with van der Waals surface area (Å²) in [6.07, 6.45) is 6.12. The number of rotatable bonds is 5. The first kappa shape index (κ1) is 22.7. The third kappa shape index (κ3) is 4.66. The first-order valence-electron chi connectivity index (χ1n) is 10.4. The highest BCUT2D eigenvalue weighted by molar-refractivity contribution is 7.90. The number of pyridine rings is 2. The summed E-state index contributed by atoms with van der Waals surface area (Å²) >= 11 is 5.79. The fourth-order valence-electron chi connectivity index (χ4n) is 4.30. The average molecular weight is 482 g/mol. The van der Waals surface area contributed by atoms with E-state index in [2.05, 4.69) is 15.3 Å². The SMILES string of the molecule is Cc1cc(S(C)(=O)=O)ncc1N[C@H]1CCN(C2CCN(c3ncc(Cl)cc3F)CC2)C1=O. The molecule has 32 heavy (non-hydrogen) atoms. The molecule has 0 radical (unpaired) electrons. The molecule has 2 saturated heterocycles. The Balaban J connectivity index is 1.37. The van der Waals surface area contributed by atoms with E-state index in [1.165, 1.54) is 24.5 Å². The van der Waals surface area contributed by atoms with Crippen LogP contribution in [0.3, 0.4) is 0 Å². The van der Waals surface area contributed by atoms with Gasteiger partial charge in [0.25, 0.3) is 0 Å². The van der Waals surface area contributed by atoms with Crippen molar-refractivity contribution in [2.45, 2.75) is 43.3 Å². The van der Waals surface area contributed by atoms with Crippen molar-refractivity contribution in [1.29, 1.82) is 0 Å². The van der Waals surface area contributed by atoms with E-state index in [-0.39, 0.29) is 28.0 Å². The lowest BCUT2D eigenvalue weighted by Gasteiger charge is -2.37. The van der Waals surface area contributed by atoms with Crippen LogP contribution in [0.4, 0.5) is 15.9 Å². The molecular formula is C21H25ClFN5O3S. The Morgan fingerprint density at radius 1 is 1.12 bits per heavy atom. The normalized spacial score (nSPS) is 20.1. The number of carbonyl (C=O) groups is 1. The Labute approximate surface area is 191 Å². The molecule has 0 saturated carbocycles. The molecule has 8 nitrogen and oxygen atoms in total. The van der Waals surface area contributed by atoms with Gasteiger partial charge in [-0.1, -0.05) is 11.6 Å². The van der Waals surface area contributed by atoms with Crippen molar-refractivity contribution in [2.24, 2.45) is 0 Å². The van der Waals surface area contributed by atoms with Crippen LogP contribution in [-0.2, 0) is 14.6 Å². The van der Waals surface area contributed by atoms with Crippen LogP contribution in [0.5, 0.6) is 0 Å². The highest BCUT2D eigenvalue weighted by Gasteiger charge is 2.37. The van der Waals surface area contributed by atoms with Gasteiger partial charge in [0.1, 0.15) is 6.04 Å². The molecule has 1 N–H and O–H groups in total. The average Bonchev–Trinajstić information content (AvgIpc) is 3.09. The third-order valence-electron chi connectivity index (χ3n) is 6.03. The number of aromatic nitrogens is 2. The molecule has 2 aliphatic rings. The minimum absolute atomic E-state index is 0.0123. The van der Waals surface area contributed by atoms with Crippen LogP contribution in [0.2, 0.25) is 5.02 Å². The van der Waals surface area contributed by atoms with Gasteiger partial charge < -0.3 is 15.1 Å². The van der Waals surface area contributed by atoms with E-state index in [0.29, 0.717) is 37.6 Å². The molecule has 2 aliphatic heterocycles. The summed E-state index contributed by atoms with van der Waals surface area (Å²) in [4.78, 5) is 24.9. The van der Waals surface area contributed by atoms with Gasteiger partial charge in [-0.05, 0) is 43.9 Å². The number of aryl methyl sites for hydroxylation is 1. The summed E-state index contributed by atoms with van der Waals surface area (Å²) in [6, 6.07) is 2.48. The summed E-state index contributed by atoms with van der Waals surface area (Å²) in [5, 5.41) is 3.50. The summed E-state index contributed by atoms with van der Waals surface area (Å²) in [7, 11) is -3.39. The number of halogens is 2. The molecule has 172 valence electrons. The first-order valence-corrected chi connectivity index (χ1v) is 12.7. The number of likely N-dealkylation sites (tertiary alicyclic amines) is 1. The number of nitrogens with one attached hydrogen (secondary N) is 1. The highest BCUT2D eigenvalue weighted by Crippen LogP contribution is 2.28. The van der Waals surface area contributed by atoms with Crippen LogP contribution in [-0.4, -0.2) is 67.2 Å². The molecule has 1 amide bonds. The van der Waals surface area contributed by atoms with Gasteiger partial charge in [0.2, 0.25) is 5.91 Å². The Bertz CT molecular complexity index is 1140. The van der Waals surface area contributed by atoms with Gasteiger partial charge >= 0.3 is 0 Å². The maximum Gasteiger partial charge on any atom is 0.245 e. The number of hydrogen-bond donors (Lipinski definition) is 1. The van der Waals surface area contributed by atoms with E-state index in [1.807, 2.05) is 9.80 Å². The van der Waals surface area contributed by atoms with E-state index >= 15 is 0 Å². The smallest absolute Gasteiger partial charge is 0.245 e. The van der Waals surface area contributed by atoms with Gasteiger partial charge in [-0.25, -0.2) is 22.8 Å². The van der Waals surface area contributed by atoms with Crippen LogP contribution in [0.25, 0.3) is 0 Å². The molecule has 0 spiro atoms. The predicted octanol–water partition coefficient (Wildman–Crippen LogP) is 2.66. The molecule has 0 bridgehead atoms. The third-order valence-corrected chi connectivity index (χ3v) is 7.22. The lowest BCUT2D eigenvalue weighted by Crippen LogP contribution is -2.47. The minimum atomic E-state index is -3.39. The Kier molecular flexibility index (Phi) is 6.26. The molecule has 2 fully saturated rings. The quantitative estimate of drug-likeness (QED) is 0.701. The van der Waals surface area contributed by atoms with Crippen molar-refractivity contribution in [3.8, 4) is 0 Å². The van der Waals surface area contributed by atoms with E-state index in [9.17, 15) is 17.6 Å². The van der Waals surface area contributed by atoms with Crippen LogP contribution in [0.1, 0.15) is 24.8 Å². The van der Waals surface area contributed by atoms with E-state index < -0.39 is 15.7 Å². The van der Waals surface area contributed by atoms with Crippen LogP contribution in [0.15, 0.2) is 29.6 Å². The van der Waals surface area contributed by atoms with Gasteiger partial charge in [0, 0.05) is 38.1 Å². The van der Waals surface area contributed by atoms with Crippen LogP contribution < -0.4 is 10.2 Å². The molecule has 4 heterocycles. The van der Waals surface area contributed by atoms with Crippen molar-refractivity contribution in [3.05, 3.63) is 40.9 Å². The number of sulfone groups is 1. The van der Waals surface area contributed by atoms with Gasteiger partial charge in [0.15, 0.2) is 26.5 Å². The predicted molar refractivity (Wildman–Crippen MR) is 120 cm³/mol. The largest absolute Gasteiger partial charge is 0.372 e. The number of carbonyl (C=O) groups excluding carboxylic acids is 1. The second kappa shape index (κ2) is 8.82. The Hall–Kier alpha value is -2.46. The second-order valence-corrected chi connectivity index (χ2v) is 10.7. The number of amides is 1. The fourth-order valence-corrected chi connectivity index (χ4v) is 5.08. The van der Waals surface area contributed by atoms with E-state index in [1.54, 1.807) is 6.92 Å². The second-order valence-electron chi connectivity index (χ2n) is 8.30. The zero-order chi connectivity index (χ0) is 23.0. The van der Waals surface area contributed by atoms with Crippen LogP contribution >= 0.6 is 11.6 Å². The molecule has 4 rings (SSSR count). The summed E-state index contributed by atoms with van der Waals surface area (Å²) in [5.41, 5.74) is 1.37. The summed E-state index contributed by atoms with van der Waals surface area (Å²) < 4.78 is 37.5. The number of hydrogen-bond acceptors (Lipinski definition) is 7. The monoisotopic (exact) mass is 481 g/mol. The van der Waals surface area contributed by atoms with E-state index in [4.69, 9.17) is 11.6 Å². The van der Waals surface area contributed by atoms with Gasteiger partial charge in [-0.15, -0.1) is 0 Å². The molecule has 1 atom stereocenters. The highest BCUT2D eigenvalue weighted by atomic mass is 35.5. The molecule has 0 aromatic carbocycles. The molecule has 0 unspecified atom stereocenters. The molecular weight excluding hydrogens is 457 g/mol. The molecule has 0 aliphatic carbocycles. The van der Waals surface area contributed by atoms with Crippen molar-refractivity contribution in [1.82, 2.24) is 14.9 Å². The lowest BCUT2D eigenvalue weighted by atomic mass is 10.0. The lowest BCUT2D eigenvalue weighted by molar-refractivity contribution is -0.130. The zero-order valence-corrected chi connectivity index (χ0v) is 19.5. The van der Waals surface area contributed by atoms with Crippen molar-refractivity contribution in [2.75, 3.05) is 36.1 Å². The van der Waals surface area contributed by atoms with Crippen LogP contribution in [0, 0.1) is 12.7 Å². The van der Waals surface area contributed by atoms with Gasteiger partial charge in [-0.3, -0.25) is 4.79 Å². The number of nitrogens with zero attached hydrogens (tertiary/aromatic N) is 4. The summed E-state index contributed by atoms with van der Waals surface area (Å²) in [6.45, 7) is 3.64. The maximum atomic E-state index is 14.2. The van der Waals surface area contributed by atoms with Crippen molar-refractivity contribution >= 4 is 38.9 Å². The standard InChI is InChI=1S/C21H25ClFN5O3S/c1-13-9-19(32(2,30)31)24-12-18(13)26-17-5-8-28(21(17)29)15-3-6-27(7-4-15)20-16(23)10-14(22)11-25-20/h9-12,15,17,26H,3-8H2,1-2H3/t17-/m0/s1. The van der Waals surface area contributed by atoms with Gasteiger partial charge in [-0.2, -0.15) is 0 Å². The maximum absolute atomic E-state index is 14.2. The number of anilines is 2. The topological polar surface area (TPSA) is 95.5 Å². The van der Waals surface area contributed by atoms with E-state index in [0.717, 1.165) is 24.7 Å². The molecule has 2 aromatic rings. The first-order chi connectivity index (χ1) is 15.1. The van der Waals surface area contributed by atoms with Gasteiger partial charge in [0.05, 0.1) is 16.9 Å². The molecule has 11 heteroatoms. The summed E-state index contributed by atoms with van der Waals surface area (Å²) in [5.74, 6) is -0.130. The molecule has 2 aromatic heterocycles. The fraction of sp³-hybridized carbons (Fsp3) is 0.476. The minimum Gasteiger partial charge on any atom is -0.372 e. The Morgan fingerprint density at radius 2 is 1.84 bits per heavy atom. The van der Waals surface area contributed by atoms with Crippen molar-refractivity contribution in [3.63, 3.8) is 0 Å². The Morgan fingerprint density at radius 3 is 2.47 bits per heavy atom.